The number of hydroxylamine groups is 2. The maximum atomic E-state index is 13.5. The number of hydrogen-bond acceptors (Lipinski definition) is 4. The molecule has 1 heterocycles. The molecule has 0 saturated heterocycles. The van der Waals surface area contributed by atoms with Crippen molar-refractivity contribution in [3.63, 3.8) is 0 Å². The van der Waals surface area contributed by atoms with Crippen LogP contribution in [0.5, 0.6) is 0 Å². The van der Waals surface area contributed by atoms with Crippen molar-refractivity contribution >= 4 is 17.8 Å². The first-order valence-electron chi connectivity index (χ1n) is 6.70. The van der Waals surface area contributed by atoms with Gasteiger partial charge in [-0.05, 0) is 18.2 Å². The lowest BCUT2D eigenvalue weighted by Crippen LogP contribution is -2.33. The van der Waals surface area contributed by atoms with Crippen LogP contribution in [0.15, 0.2) is 36.4 Å². The van der Waals surface area contributed by atoms with Crippen molar-refractivity contribution in [1.29, 1.82) is 0 Å². The van der Waals surface area contributed by atoms with E-state index in [-0.39, 0.29) is 16.2 Å². The van der Waals surface area contributed by atoms with Crippen molar-refractivity contribution < 1.29 is 32.4 Å². The Kier molecular flexibility index (Phi) is 3.80. The predicted octanol–water partition coefficient (Wildman–Crippen LogP) is 2.40. The molecule has 0 bridgehead atoms. The van der Waals surface area contributed by atoms with Gasteiger partial charge in [-0.25, -0.2) is 18.0 Å². The van der Waals surface area contributed by atoms with Crippen LogP contribution in [0.2, 0.25) is 0 Å². The number of hydrogen-bond donors (Lipinski definition) is 0. The molecular formula is C16H8F3NO4. The second-order valence-corrected chi connectivity index (χ2v) is 4.95. The fourth-order valence-electron chi connectivity index (χ4n) is 2.24. The van der Waals surface area contributed by atoms with Crippen LogP contribution in [0.1, 0.15) is 26.3 Å². The third-order valence-corrected chi connectivity index (χ3v) is 3.37. The van der Waals surface area contributed by atoms with Gasteiger partial charge < -0.3 is 4.84 Å². The number of imide groups is 1. The van der Waals surface area contributed by atoms with Gasteiger partial charge in [0.1, 0.15) is 5.82 Å². The van der Waals surface area contributed by atoms with Crippen LogP contribution >= 0.6 is 0 Å². The Labute approximate surface area is 133 Å². The molecule has 2 amide bonds. The monoisotopic (exact) mass is 335 g/mol. The minimum atomic E-state index is -1.40. The standard InChI is InChI=1S/C16H8F3NO4/c17-11-7-13(19)12(18)5-8(11)6-14(21)24-20-15(22)9-3-1-2-4-10(9)16(20)23/h1-5,7H,6H2. The molecule has 5 nitrogen and oxygen atoms in total. The summed E-state index contributed by atoms with van der Waals surface area (Å²) in [5.74, 6) is -6.73. The average molecular weight is 335 g/mol. The van der Waals surface area contributed by atoms with Gasteiger partial charge in [0.05, 0.1) is 17.5 Å². The molecule has 0 aliphatic carbocycles. The molecule has 0 aromatic heterocycles. The third-order valence-electron chi connectivity index (χ3n) is 3.37. The highest BCUT2D eigenvalue weighted by Gasteiger charge is 2.38. The molecule has 8 heteroatoms. The molecule has 0 fully saturated rings. The van der Waals surface area contributed by atoms with Gasteiger partial charge in [0.15, 0.2) is 11.6 Å². The minimum absolute atomic E-state index is 0.0642. The lowest BCUT2D eigenvalue weighted by atomic mass is 10.1. The van der Waals surface area contributed by atoms with Crippen LogP contribution in [-0.4, -0.2) is 22.8 Å². The van der Waals surface area contributed by atoms with Crippen molar-refractivity contribution in [1.82, 2.24) is 5.06 Å². The molecule has 0 spiro atoms. The molecule has 24 heavy (non-hydrogen) atoms. The van der Waals surface area contributed by atoms with Crippen LogP contribution in [0.3, 0.4) is 0 Å². The van der Waals surface area contributed by atoms with E-state index in [0.29, 0.717) is 12.1 Å². The van der Waals surface area contributed by atoms with Crippen molar-refractivity contribution in [3.05, 3.63) is 70.5 Å². The zero-order chi connectivity index (χ0) is 17.4. The Morgan fingerprint density at radius 3 is 2.04 bits per heavy atom. The Bertz CT molecular complexity index is 847. The normalized spacial score (nSPS) is 13.2. The Morgan fingerprint density at radius 1 is 0.917 bits per heavy atom. The van der Waals surface area contributed by atoms with Crippen LogP contribution < -0.4 is 0 Å². The van der Waals surface area contributed by atoms with Crippen LogP contribution in [0.25, 0.3) is 0 Å². The Balaban J connectivity index is 1.76. The fraction of sp³-hybridized carbons (Fsp3) is 0.0625. The topological polar surface area (TPSA) is 63.7 Å². The predicted molar refractivity (Wildman–Crippen MR) is 73.1 cm³/mol. The zero-order valence-corrected chi connectivity index (χ0v) is 11.9. The van der Waals surface area contributed by atoms with E-state index >= 15 is 0 Å². The lowest BCUT2D eigenvalue weighted by Gasteiger charge is -2.13. The number of amides is 2. The van der Waals surface area contributed by atoms with Gasteiger partial charge in [0.25, 0.3) is 11.8 Å². The second kappa shape index (κ2) is 5.80. The zero-order valence-electron chi connectivity index (χ0n) is 11.9. The molecule has 0 radical (unpaired) electrons. The largest absolute Gasteiger partial charge is 0.337 e. The minimum Gasteiger partial charge on any atom is -0.329 e. The molecule has 1 aliphatic rings. The quantitative estimate of drug-likeness (QED) is 0.638. The van der Waals surface area contributed by atoms with E-state index in [2.05, 4.69) is 4.84 Å². The molecule has 0 atom stereocenters. The first-order valence-corrected chi connectivity index (χ1v) is 6.70. The SMILES string of the molecule is O=C(Cc1cc(F)c(F)cc1F)ON1C(=O)c2ccccc2C1=O. The van der Waals surface area contributed by atoms with Gasteiger partial charge in [-0.3, -0.25) is 9.59 Å². The van der Waals surface area contributed by atoms with E-state index < -0.39 is 47.2 Å². The summed E-state index contributed by atoms with van der Waals surface area (Å²) in [6, 6.07) is 6.64. The molecule has 3 rings (SSSR count). The number of carbonyl (C=O) groups is 3. The summed E-state index contributed by atoms with van der Waals surface area (Å²) in [5, 5.41) is 0.255. The molecular weight excluding hydrogens is 327 g/mol. The van der Waals surface area contributed by atoms with Crippen LogP contribution in [0.4, 0.5) is 13.2 Å². The molecule has 122 valence electrons. The summed E-state index contributed by atoms with van der Waals surface area (Å²) < 4.78 is 39.5. The van der Waals surface area contributed by atoms with Gasteiger partial charge in [-0.2, -0.15) is 0 Å². The molecule has 0 saturated carbocycles. The molecule has 0 N–H and O–H groups in total. The number of halogens is 3. The maximum absolute atomic E-state index is 13.5. The van der Waals surface area contributed by atoms with E-state index in [4.69, 9.17) is 0 Å². The number of rotatable bonds is 3. The van der Waals surface area contributed by atoms with E-state index in [1.165, 1.54) is 24.3 Å². The number of benzene rings is 2. The van der Waals surface area contributed by atoms with E-state index in [0.717, 1.165) is 0 Å². The van der Waals surface area contributed by atoms with Crippen molar-refractivity contribution in [3.8, 4) is 0 Å². The van der Waals surface area contributed by atoms with Gasteiger partial charge in [0, 0.05) is 11.6 Å². The highest BCUT2D eigenvalue weighted by Crippen LogP contribution is 2.23. The summed E-state index contributed by atoms with van der Waals surface area (Å²) in [5.41, 5.74) is -0.334. The summed E-state index contributed by atoms with van der Waals surface area (Å²) in [6.45, 7) is 0. The van der Waals surface area contributed by atoms with Crippen molar-refractivity contribution in [2.75, 3.05) is 0 Å². The third kappa shape index (κ3) is 2.62. The van der Waals surface area contributed by atoms with Gasteiger partial charge in [0.2, 0.25) is 0 Å². The molecule has 2 aromatic carbocycles. The summed E-state index contributed by atoms with van der Waals surface area (Å²) in [7, 11) is 0. The van der Waals surface area contributed by atoms with Gasteiger partial charge in [-0.1, -0.05) is 17.2 Å². The molecule has 1 aliphatic heterocycles. The van der Waals surface area contributed by atoms with Crippen LogP contribution in [-0.2, 0) is 16.1 Å². The van der Waals surface area contributed by atoms with E-state index in [1.54, 1.807) is 0 Å². The Morgan fingerprint density at radius 2 is 1.46 bits per heavy atom. The van der Waals surface area contributed by atoms with Crippen molar-refractivity contribution in [2.24, 2.45) is 0 Å². The highest BCUT2D eigenvalue weighted by atomic mass is 19.2. The molecule has 0 unspecified atom stereocenters. The maximum Gasteiger partial charge on any atom is 0.337 e. The van der Waals surface area contributed by atoms with Gasteiger partial charge >= 0.3 is 5.97 Å². The summed E-state index contributed by atoms with van der Waals surface area (Å²) in [4.78, 5) is 40.5. The number of fused-ring (bicyclic) bond motifs is 1. The van der Waals surface area contributed by atoms with Gasteiger partial charge in [-0.15, -0.1) is 0 Å². The van der Waals surface area contributed by atoms with Crippen LogP contribution in [0, 0.1) is 17.5 Å². The summed E-state index contributed by atoms with van der Waals surface area (Å²) >= 11 is 0. The highest BCUT2D eigenvalue weighted by molar-refractivity contribution is 6.20. The number of nitrogens with zero attached hydrogens (tertiary/aromatic N) is 1. The van der Waals surface area contributed by atoms with E-state index in [1.807, 2.05) is 0 Å². The molecule has 2 aromatic rings. The van der Waals surface area contributed by atoms with Crippen molar-refractivity contribution in [2.45, 2.75) is 6.42 Å². The second-order valence-electron chi connectivity index (χ2n) is 4.95. The smallest absolute Gasteiger partial charge is 0.329 e. The fourth-order valence-corrected chi connectivity index (χ4v) is 2.24. The first kappa shape index (κ1) is 15.7. The van der Waals surface area contributed by atoms with E-state index in [9.17, 15) is 27.6 Å². The first-order chi connectivity index (χ1) is 11.4. The summed E-state index contributed by atoms with van der Waals surface area (Å²) in [6.07, 6.45) is -0.781. The Hall–Kier alpha value is -3.16. The lowest BCUT2D eigenvalue weighted by molar-refractivity contribution is -0.167. The number of carbonyl (C=O) groups excluding carboxylic acids is 3. The average Bonchev–Trinajstić information content (AvgIpc) is 2.78.